The van der Waals surface area contributed by atoms with Gasteiger partial charge in [-0.05, 0) is 38.2 Å². The third-order valence-corrected chi connectivity index (χ3v) is 7.45. The summed E-state index contributed by atoms with van der Waals surface area (Å²) in [4.78, 5) is 32.7. The van der Waals surface area contributed by atoms with Gasteiger partial charge in [0.2, 0.25) is 11.8 Å². The average Bonchev–Trinajstić information content (AvgIpc) is 3.22. The zero-order valence-electron chi connectivity index (χ0n) is 18.9. The van der Waals surface area contributed by atoms with Crippen LogP contribution in [0.2, 0.25) is 0 Å². The maximum atomic E-state index is 12.5. The maximum Gasteiger partial charge on any atom is 0.240 e. The van der Waals surface area contributed by atoms with Gasteiger partial charge in [0.25, 0.3) is 0 Å². The number of carbonyl (C=O) groups is 2. The molecule has 0 atom stereocenters. The number of carbonyl (C=O) groups excluding carboxylic acids is 2. The highest BCUT2D eigenvalue weighted by Crippen LogP contribution is 2.24. The molecule has 0 bridgehead atoms. The van der Waals surface area contributed by atoms with Crippen molar-refractivity contribution in [1.82, 2.24) is 15.2 Å². The molecular weight excluding hydrogens is 420 g/mol. The van der Waals surface area contributed by atoms with Gasteiger partial charge >= 0.3 is 0 Å². The number of nitrogens with zero attached hydrogens (tertiary/aromatic N) is 2. The highest BCUT2D eigenvalue weighted by Gasteiger charge is 2.26. The van der Waals surface area contributed by atoms with E-state index in [1.807, 2.05) is 6.20 Å². The molecule has 7 heteroatoms. The molecule has 2 fully saturated rings. The molecule has 172 valence electrons. The van der Waals surface area contributed by atoms with Crippen molar-refractivity contribution in [3.63, 3.8) is 0 Å². The molecule has 2 aliphatic rings. The molecule has 0 unspecified atom stereocenters. The predicted molar refractivity (Wildman–Crippen MR) is 129 cm³/mol. The van der Waals surface area contributed by atoms with Gasteiger partial charge in [0.05, 0.1) is 6.54 Å². The molecule has 1 saturated heterocycles. The molecule has 2 aromatic rings. The number of amides is 2. The standard InChI is InChI=1S/C25H34N4O2S/c1-18-6-5-7-19(14-18)15-22-16-26-25(32-22)28-23(30)17-29-12-10-21(11-13-29)27-24(31)20-8-3-2-4-9-20/h5-7,14,16,20-21H,2-4,8-13,15,17H2,1H3,(H,27,31)(H,26,28,30). The first-order valence-electron chi connectivity index (χ1n) is 11.9. The van der Waals surface area contributed by atoms with Crippen molar-refractivity contribution in [3.8, 4) is 0 Å². The molecule has 1 saturated carbocycles. The fourth-order valence-electron chi connectivity index (χ4n) is 4.75. The number of hydrogen-bond donors (Lipinski definition) is 2. The van der Waals surface area contributed by atoms with E-state index in [1.54, 1.807) is 0 Å². The Kier molecular flexibility index (Phi) is 7.92. The summed E-state index contributed by atoms with van der Waals surface area (Å²) in [6.07, 6.45) is 10.2. The predicted octanol–water partition coefficient (Wildman–Crippen LogP) is 4.14. The van der Waals surface area contributed by atoms with E-state index < -0.39 is 0 Å². The highest BCUT2D eigenvalue weighted by atomic mass is 32.1. The van der Waals surface area contributed by atoms with Crippen LogP contribution in [0.1, 0.15) is 60.9 Å². The van der Waals surface area contributed by atoms with Gasteiger partial charge in [-0.2, -0.15) is 0 Å². The molecular formula is C25H34N4O2S. The van der Waals surface area contributed by atoms with Crippen molar-refractivity contribution >= 4 is 28.3 Å². The zero-order chi connectivity index (χ0) is 22.3. The largest absolute Gasteiger partial charge is 0.353 e. The van der Waals surface area contributed by atoms with Crippen LogP contribution in [0, 0.1) is 12.8 Å². The van der Waals surface area contributed by atoms with Crippen LogP contribution < -0.4 is 10.6 Å². The van der Waals surface area contributed by atoms with E-state index in [1.165, 1.54) is 41.7 Å². The minimum atomic E-state index is -0.0221. The molecule has 0 radical (unpaired) electrons. The Morgan fingerprint density at radius 2 is 1.91 bits per heavy atom. The van der Waals surface area contributed by atoms with E-state index in [0.29, 0.717) is 11.7 Å². The summed E-state index contributed by atoms with van der Waals surface area (Å²) >= 11 is 1.54. The van der Waals surface area contributed by atoms with Crippen LogP contribution in [-0.2, 0) is 16.0 Å². The minimum absolute atomic E-state index is 0.0221. The summed E-state index contributed by atoms with van der Waals surface area (Å²) in [6, 6.07) is 8.70. The number of aryl methyl sites for hydroxylation is 1. The highest BCUT2D eigenvalue weighted by molar-refractivity contribution is 7.15. The van der Waals surface area contributed by atoms with Crippen LogP contribution in [0.3, 0.4) is 0 Å². The first-order chi connectivity index (χ1) is 15.5. The number of nitrogens with one attached hydrogen (secondary N) is 2. The van der Waals surface area contributed by atoms with Crippen molar-refractivity contribution in [2.24, 2.45) is 5.92 Å². The summed E-state index contributed by atoms with van der Waals surface area (Å²) in [5.41, 5.74) is 2.50. The Bertz CT molecular complexity index is 914. The minimum Gasteiger partial charge on any atom is -0.353 e. The second-order valence-electron chi connectivity index (χ2n) is 9.24. The molecule has 4 rings (SSSR count). The van der Waals surface area contributed by atoms with Crippen LogP contribution >= 0.6 is 11.3 Å². The first kappa shape index (κ1) is 22.9. The topological polar surface area (TPSA) is 74.3 Å². The Labute approximate surface area is 194 Å². The fourth-order valence-corrected chi connectivity index (χ4v) is 5.61. The molecule has 1 aliphatic heterocycles. The summed E-state index contributed by atoms with van der Waals surface area (Å²) in [5.74, 6) is 0.430. The van der Waals surface area contributed by atoms with Crippen LogP contribution in [0.4, 0.5) is 5.13 Å². The summed E-state index contributed by atoms with van der Waals surface area (Å²) in [5, 5.41) is 6.86. The summed E-state index contributed by atoms with van der Waals surface area (Å²) in [7, 11) is 0. The number of benzene rings is 1. The quantitative estimate of drug-likeness (QED) is 0.659. The Hall–Kier alpha value is -2.25. The Balaban J connectivity index is 1.18. The molecule has 2 amide bonds. The van der Waals surface area contributed by atoms with Crippen molar-refractivity contribution in [3.05, 3.63) is 46.5 Å². The SMILES string of the molecule is Cc1cccc(Cc2cnc(NC(=O)CN3CCC(NC(=O)C4CCCCC4)CC3)s2)c1. The number of thiazole rings is 1. The van der Waals surface area contributed by atoms with Crippen LogP contribution in [0.15, 0.2) is 30.5 Å². The van der Waals surface area contributed by atoms with E-state index in [4.69, 9.17) is 0 Å². The normalized spacial score (nSPS) is 18.4. The van der Waals surface area contributed by atoms with Gasteiger partial charge in [0.15, 0.2) is 5.13 Å². The van der Waals surface area contributed by atoms with Crippen LogP contribution in [0.25, 0.3) is 0 Å². The lowest BCUT2D eigenvalue weighted by molar-refractivity contribution is -0.127. The van der Waals surface area contributed by atoms with E-state index >= 15 is 0 Å². The summed E-state index contributed by atoms with van der Waals surface area (Å²) < 4.78 is 0. The fraction of sp³-hybridized carbons (Fsp3) is 0.560. The second-order valence-corrected chi connectivity index (χ2v) is 10.4. The van der Waals surface area contributed by atoms with Gasteiger partial charge in [-0.25, -0.2) is 4.98 Å². The third kappa shape index (κ3) is 6.62. The van der Waals surface area contributed by atoms with Crippen molar-refractivity contribution < 1.29 is 9.59 Å². The Morgan fingerprint density at radius 1 is 1.12 bits per heavy atom. The zero-order valence-corrected chi connectivity index (χ0v) is 19.8. The molecule has 6 nitrogen and oxygen atoms in total. The lowest BCUT2D eigenvalue weighted by Crippen LogP contribution is -2.48. The molecule has 1 aromatic heterocycles. The lowest BCUT2D eigenvalue weighted by Gasteiger charge is -2.33. The number of anilines is 1. The van der Waals surface area contributed by atoms with E-state index in [2.05, 4.69) is 51.7 Å². The van der Waals surface area contributed by atoms with Crippen LogP contribution in [-0.4, -0.2) is 47.4 Å². The molecule has 1 aliphatic carbocycles. The number of likely N-dealkylation sites (tertiary alicyclic amines) is 1. The van der Waals surface area contributed by atoms with Gasteiger partial charge in [-0.1, -0.05) is 49.1 Å². The lowest BCUT2D eigenvalue weighted by atomic mass is 9.88. The molecule has 2 N–H and O–H groups in total. The Morgan fingerprint density at radius 3 is 2.66 bits per heavy atom. The van der Waals surface area contributed by atoms with Gasteiger partial charge in [-0.15, -0.1) is 11.3 Å². The average molecular weight is 455 g/mol. The monoisotopic (exact) mass is 454 g/mol. The molecule has 2 heterocycles. The smallest absolute Gasteiger partial charge is 0.240 e. The first-order valence-corrected chi connectivity index (χ1v) is 12.7. The van der Waals surface area contributed by atoms with Crippen molar-refractivity contribution in [2.75, 3.05) is 25.0 Å². The third-order valence-electron chi connectivity index (χ3n) is 6.54. The van der Waals surface area contributed by atoms with Gasteiger partial charge in [0, 0.05) is 42.5 Å². The summed E-state index contributed by atoms with van der Waals surface area (Å²) in [6.45, 7) is 4.13. The maximum absolute atomic E-state index is 12.5. The number of aromatic nitrogens is 1. The van der Waals surface area contributed by atoms with E-state index in [9.17, 15) is 9.59 Å². The molecule has 0 spiro atoms. The van der Waals surface area contributed by atoms with Gasteiger partial charge in [-0.3, -0.25) is 14.5 Å². The van der Waals surface area contributed by atoms with Crippen LogP contribution in [0.5, 0.6) is 0 Å². The van der Waals surface area contributed by atoms with Gasteiger partial charge < -0.3 is 10.6 Å². The number of hydrogen-bond acceptors (Lipinski definition) is 5. The second kappa shape index (κ2) is 11.1. The number of rotatable bonds is 7. The van der Waals surface area contributed by atoms with Crippen molar-refractivity contribution in [2.45, 2.75) is 64.3 Å². The molecule has 32 heavy (non-hydrogen) atoms. The number of piperidine rings is 1. The van der Waals surface area contributed by atoms with Crippen molar-refractivity contribution in [1.29, 1.82) is 0 Å². The van der Waals surface area contributed by atoms with E-state index in [-0.39, 0.29) is 23.8 Å². The molecule has 1 aromatic carbocycles. The van der Waals surface area contributed by atoms with E-state index in [0.717, 1.165) is 50.1 Å². The van der Waals surface area contributed by atoms with Gasteiger partial charge in [0.1, 0.15) is 0 Å².